The Labute approximate surface area is 170 Å². The van der Waals surface area contributed by atoms with Gasteiger partial charge in [-0.25, -0.2) is 13.2 Å². The molecule has 1 aromatic carbocycles. The number of carbonyl (C=O) groups excluding carboxylic acids is 2. The van der Waals surface area contributed by atoms with E-state index in [1.807, 2.05) is 20.8 Å². The number of sulfonamides is 1. The number of morpholine rings is 1. The first-order chi connectivity index (χ1) is 13.1. The van der Waals surface area contributed by atoms with Crippen molar-refractivity contribution in [3.63, 3.8) is 0 Å². The molecule has 156 valence electrons. The average Bonchev–Trinajstić information content (AvgIpc) is 2.66. The van der Waals surface area contributed by atoms with Gasteiger partial charge in [0.1, 0.15) is 0 Å². The van der Waals surface area contributed by atoms with E-state index in [0.717, 1.165) is 0 Å². The average molecular weight is 433 g/mol. The Balaban J connectivity index is 2.10. The lowest BCUT2D eigenvalue weighted by Crippen LogP contribution is -2.40. The Kier molecular flexibility index (Phi) is 7.82. The van der Waals surface area contributed by atoms with Gasteiger partial charge in [0.05, 0.1) is 28.7 Å². The fourth-order valence-electron chi connectivity index (χ4n) is 2.43. The van der Waals surface area contributed by atoms with Gasteiger partial charge >= 0.3 is 5.97 Å². The van der Waals surface area contributed by atoms with Gasteiger partial charge in [0.25, 0.3) is 5.91 Å². The number of nitrogens with one attached hydrogen (secondary N) is 1. The van der Waals surface area contributed by atoms with Crippen molar-refractivity contribution in [2.45, 2.75) is 31.7 Å². The van der Waals surface area contributed by atoms with E-state index >= 15 is 0 Å². The normalized spacial score (nSPS) is 16.6. The van der Waals surface area contributed by atoms with Crippen molar-refractivity contribution >= 4 is 33.5 Å². The van der Waals surface area contributed by atoms with Crippen LogP contribution < -0.4 is 5.32 Å². The Bertz CT molecular complexity index is 821. The Morgan fingerprint density at radius 1 is 1.25 bits per heavy atom. The molecule has 1 atom stereocenters. The zero-order chi connectivity index (χ0) is 20.9. The predicted octanol–water partition coefficient (Wildman–Crippen LogP) is 1.68. The Morgan fingerprint density at radius 2 is 1.89 bits per heavy atom. The van der Waals surface area contributed by atoms with E-state index < -0.39 is 28.5 Å². The largest absolute Gasteiger partial charge is 0.452 e. The topological polar surface area (TPSA) is 102 Å². The van der Waals surface area contributed by atoms with Crippen LogP contribution in [0.15, 0.2) is 23.1 Å². The number of amides is 1. The molecular formula is C18H25ClN2O6S. The molecule has 10 heteroatoms. The van der Waals surface area contributed by atoms with E-state index in [2.05, 4.69) is 5.32 Å². The lowest BCUT2D eigenvalue weighted by molar-refractivity contribution is -0.125. The van der Waals surface area contributed by atoms with Gasteiger partial charge in [-0.05, 0) is 31.0 Å². The molecule has 0 saturated carbocycles. The van der Waals surface area contributed by atoms with Gasteiger partial charge in [0.2, 0.25) is 10.0 Å². The molecule has 1 saturated heterocycles. The number of esters is 1. The molecule has 1 aliphatic heterocycles. The van der Waals surface area contributed by atoms with Crippen molar-refractivity contribution in [2.75, 3.05) is 32.9 Å². The summed E-state index contributed by atoms with van der Waals surface area (Å²) in [5, 5.41) is 2.76. The third-order valence-corrected chi connectivity index (χ3v) is 6.71. The van der Waals surface area contributed by atoms with Crippen LogP contribution in [0.25, 0.3) is 0 Å². The fourth-order valence-corrected chi connectivity index (χ4v) is 4.06. The van der Waals surface area contributed by atoms with Gasteiger partial charge in [-0.2, -0.15) is 4.31 Å². The molecular weight excluding hydrogens is 408 g/mol. The molecule has 1 aliphatic rings. The second-order valence-corrected chi connectivity index (χ2v) is 9.18. The molecule has 2 rings (SSSR count). The van der Waals surface area contributed by atoms with Gasteiger partial charge in [0, 0.05) is 19.1 Å². The SMILES string of the molecule is CC(C)C(C)NC(=O)COC(=O)c1cc(S(=O)(=O)N2CCOCC2)ccc1Cl. The van der Waals surface area contributed by atoms with Crippen molar-refractivity contribution in [1.29, 1.82) is 0 Å². The molecule has 0 bridgehead atoms. The highest BCUT2D eigenvalue weighted by Gasteiger charge is 2.28. The second kappa shape index (κ2) is 9.69. The zero-order valence-electron chi connectivity index (χ0n) is 16.1. The molecule has 8 nitrogen and oxygen atoms in total. The smallest absolute Gasteiger partial charge is 0.340 e. The third kappa shape index (κ3) is 5.66. The van der Waals surface area contributed by atoms with E-state index in [-0.39, 0.29) is 40.5 Å². The minimum absolute atomic E-state index is 0.0434. The molecule has 0 radical (unpaired) electrons. The van der Waals surface area contributed by atoms with Crippen molar-refractivity contribution < 1.29 is 27.5 Å². The number of ether oxygens (including phenoxy) is 2. The van der Waals surface area contributed by atoms with Crippen LogP contribution in [0.1, 0.15) is 31.1 Å². The van der Waals surface area contributed by atoms with Crippen LogP contribution in [0.2, 0.25) is 5.02 Å². The molecule has 1 fully saturated rings. The quantitative estimate of drug-likeness (QED) is 0.657. The second-order valence-electron chi connectivity index (χ2n) is 6.83. The van der Waals surface area contributed by atoms with Gasteiger partial charge in [-0.1, -0.05) is 25.4 Å². The number of rotatable bonds is 7. The highest BCUT2D eigenvalue weighted by atomic mass is 35.5. The molecule has 0 spiro atoms. The minimum Gasteiger partial charge on any atom is -0.452 e. The van der Waals surface area contributed by atoms with Crippen LogP contribution in [0.5, 0.6) is 0 Å². The lowest BCUT2D eigenvalue weighted by Gasteiger charge is -2.26. The van der Waals surface area contributed by atoms with Crippen LogP contribution in [0.3, 0.4) is 0 Å². The van der Waals surface area contributed by atoms with Crippen LogP contribution in [0, 0.1) is 5.92 Å². The summed E-state index contributed by atoms with van der Waals surface area (Å²) in [4.78, 5) is 24.1. The third-order valence-electron chi connectivity index (χ3n) is 4.49. The predicted molar refractivity (Wildman–Crippen MR) is 104 cm³/mol. The van der Waals surface area contributed by atoms with Crippen molar-refractivity contribution in [1.82, 2.24) is 9.62 Å². The first kappa shape index (κ1) is 22.6. The number of benzene rings is 1. The molecule has 0 aromatic heterocycles. The lowest BCUT2D eigenvalue weighted by atomic mass is 10.1. The van der Waals surface area contributed by atoms with Gasteiger partial charge in [0.15, 0.2) is 6.61 Å². The zero-order valence-corrected chi connectivity index (χ0v) is 17.7. The summed E-state index contributed by atoms with van der Waals surface area (Å²) in [5.74, 6) is -1.07. The van der Waals surface area contributed by atoms with Crippen LogP contribution in [-0.2, 0) is 24.3 Å². The minimum atomic E-state index is -3.78. The van der Waals surface area contributed by atoms with Crippen molar-refractivity contribution in [3.8, 4) is 0 Å². The maximum atomic E-state index is 12.7. The van der Waals surface area contributed by atoms with E-state index in [1.165, 1.54) is 22.5 Å². The summed E-state index contributed by atoms with van der Waals surface area (Å²) < 4.78 is 36.9. The summed E-state index contributed by atoms with van der Waals surface area (Å²) in [6.45, 7) is 6.37. The van der Waals surface area contributed by atoms with Crippen LogP contribution >= 0.6 is 11.6 Å². The van der Waals surface area contributed by atoms with Gasteiger partial charge < -0.3 is 14.8 Å². The summed E-state index contributed by atoms with van der Waals surface area (Å²) in [5.41, 5.74) is -0.110. The monoisotopic (exact) mass is 432 g/mol. The number of halogens is 1. The molecule has 28 heavy (non-hydrogen) atoms. The molecule has 1 unspecified atom stereocenters. The first-order valence-electron chi connectivity index (χ1n) is 8.97. The summed E-state index contributed by atoms with van der Waals surface area (Å²) in [6.07, 6.45) is 0. The maximum Gasteiger partial charge on any atom is 0.340 e. The van der Waals surface area contributed by atoms with Crippen molar-refractivity contribution in [2.24, 2.45) is 5.92 Å². The summed E-state index contributed by atoms with van der Waals surface area (Å²) >= 11 is 6.04. The molecule has 1 aromatic rings. The highest BCUT2D eigenvalue weighted by molar-refractivity contribution is 7.89. The number of carbonyl (C=O) groups is 2. The van der Waals surface area contributed by atoms with E-state index in [1.54, 1.807) is 0 Å². The maximum absolute atomic E-state index is 12.7. The standard InChI is InChI=1S/C18H25ClN2O6S/c1-12(2)13(3)20-17(22)11-27-18(23)15-10-14(4-5-16(15)19)28(24,25)21-6-8-26-9-7-21/h4-5,10,12-13H,6-9,11H2,1-3H3,(H,20,22). The van der Waals surface area contributed by atoms with Gasteiger partial charge in [-0.15, -0.1) is 0 Å². The number of hydrogen-bond donors (Lipinski definition) is 1. The number of hydrogen-bond acceptors (Lipinski definition) is 6. The summed E-state index contributed by atoms with van der Waals surface area (Å²) in [7, 11) is -3.78. The van der Waals surface area contributed by atoms with Crippen LogP contribution in [0.4, 0.5) is 0 Å². The molecule has 1 N–H and O–H groups in total. The van der Waals surface area contributed by atoms with Gasteiger partial charge in [-0.3, -0.25) is 4.79 Å². The summed E-state index contributed by atoms with van der Waals surface area (Å²) in [6, 6.07) is 3.76. The fraction of sp³-hybridized carbons (Fsp3) is 0.556. The van der Waals surface area contributed by atoms with E-state index in [0.29, 0.717) is 13.2 Å². The molecule has 1 heterocycles. The van der Waals surface area contributed by atoms with Crippen molar-refractivity contribution in [3.05, 3.63) is 28.8 Å². The molecule has 0 aliphatic carbocycles. The highest BCUT2D eigenvalue weighted by Crippen LogP contribution is 2.24. The number of nitrogens with zero attached hydrogens (tertiary/aromatic N) is 1. The first-order valence-corrected chi connectivity index (χ1v) is 10.8. The molecule has 1 amide bonds. The van der Waals surface area contributed by atoms with E-state index in [9.17, 15) is 18.0 Å². The Morgan fingerprint density at radius 3 is 2.50 bits per heavy atom. The Hall–Kier alpha value is -1.68. The van der Waals surface area contributed by atoms with E-state index in [4.69, 9.17) is 21.1 Å². The van der Waals surface area contributed by atoms with Crippen LogP contribution in [-0.4, -0.2) is 63.6 Å².